The van der Waals surface area contributed by atoms with Crippen molar-refractivity contribution in [2.45, 2.75) is 10.6 Å². The van der Waals surface area contributed by atoms with Crippen molar-refractivity contribution in [1.29, 1.82) is 0 Å². The number of hydrogen-bond donors (Lipinski definition) is 1. The smallest absolute Gasteiger partial charge is 0.252 e. The van der Waals surface area contributed by atoms with E-state index in [4.69, 9.17) is 23.2 Å². The average Bonchev–Trinajstić information content (AvgIpc) is 2.57. The number of carbonyl (C=O) groups is 1. The molecule has 122 valence electrons. The zero-order chi connectivity index (χ0) is 16.7. The van der Waals surface area contributed by atoms with E-state index in [2.05, 4.69) is 5.32 Å². The van der Waals surface area contributed by atoms with Gasteiger partial charge in [0.05, 0.1) is 15.6 Å². The van der Waals surface area contributed by atoms with E-state index < -0.39 is 0 Å². The molecule has 1 N–H and O–H groups in total. The van der Waals surface area contributed by atoms with Gasteiger partial charge in [-0.2, -0.15) is 11.8 Å². The third-order valence-corrected chi connectivity index (χ3v) is 5.70. The van der Waals surface area contributed by atoms with Gasteiger partial charge in [0.2, 0.25) is 0 Å². The Labute approximate surface area is 155 Å². The van der Waals surface area contributed by atoms with Gasteiger partial charge in [-0.05, 0) is 36.1 Å². The molecule has 23 heavy (non-hydrogen) atoms. The van der Waals surface area contributed by atoms with Crippen molar-refractivity contribution in [2.75, 3.05) is 18.6 Å². The molecule has 6 heteroatoms. The predicted molar refractivity (Wildman–Crippen MR) is 103 cm³/mol. The van der Waals surface area contributed by atoms with Crippen molar-refractivity contribution in [3.05, 3.63) is 63.6 Å². The highest BCUT2D eigenvalue weighted by atomic mass is 35.5. The quantitative estimate of drug-likeness (QED) is 0.512. The molecule has 2 rings (SSSR count). The van der Waals surface area contributed by atoms with E-state index in [9.17, 15) is 4.79 Å². The Morgan fingerprint density at radius 2 is 1.91 bits per heavy atom. The Kier molecular flexibility index (Phi) is 7.63. The summed E-state index contributed by atoms with van der Waals surface area (Å²) in [5.41, 5.74) is 1.86. The van der Waals surface area contributed by atoms with Gasteiger partial charge in [0.1, 0.15) is 0 Å². The molecule has 2 aromatic rings. The number of amides is 1. The third-order valence-electron chi connectivity index (χ3n) is 3.14. The van der Waals surface area contributed by atoms with Crippen LogP contribution in [0, 0.1) is 0 Å². The zero-order valence-electron chi connectivity index (χ0n) is 12.6. The van der Waals surface area contributed by atoms with Crippen LogP contribution in [0.4, 0.5) is 0 Å². The Bertz CT molecular complexity index is 679. The molecule has 2 nitrogen and oxygen atoms in total. The second-order valence-electron chi connectivity index (χ2n) is 4.76. The molecule has 0 aliphatic carbocycles. The monoisotopic (exact) mass is 385 g/mol. The zero-order valence-corrected chi connectivity index (χ0v) is 15.8. The largest absolute Gasteiger partial charge is 0.351 e. The number of halogens is 2. The topological polar surface area (TPSA) is 29.1 Å². The van der Waals surface area contributed by atoms with E-state index >= 15 is 0 Å². The molecule has 0 aromatic heterocycles. The number of benzene rings is 2. The van der Waals surface area contributed by atoms with Gasteiger partial charge in [-0.1, -0.05) is 41.4 Å². The standard InChI is InChI=1S/C17H17Cl2NOS2/c1-22-16-5-3-2-4-13(16)17(21)20-8-9-23-11-12-6-7-14(18)15(19)10-12/h2-7,10H,8-9,11H2,1H3,(H,20,21). The molecular weight excluding hydrogens is 369 g/mol. The summed E-state index contributed by atoms with van der Waals surface area (Å²) in [7, 11) is 0. The van der Waals surface area contributed by atoms with Crippen molar-refractivity contribution in [3.8, 4) is 0 Å². The van der Waals surface area contributed by atoms with E-state index in [0.29, 0.717) is 16.6 Å². The Morgan fingerprint density at radius 1 is 1.13 bits per heavy atom. The van der Waals surface area contributed by atoms with Crippen LogP contribution >= 0.6 is 46.7 Å². The van der Waals surface area contributed by atoms with Crippen LogP contribution in [0.5, 0.6) is 0 Å². The molecule has 0 spiro atoms. The summed E-state index contributed by atoms with van der Waals surface area (Å²) in [4.78, 5) is 13.2. The molecule has 0 aliphatic heterocycles. The summed E-state index contributed by atoms with van der Waals surface area (Å²) in [5, 5.41) is 4.11. The molecule has 0 aliphatic rings. The van der Waals surface area contributed by atoms with Crippen LogP contribution < -0.4 is 5.32 Å². The van der Waals surface area contributed by atoms with Crippen LogP contribution in [0.2, 0.25) is 10.0 Å². The summed E-state index contributed by atoms with van der Waals surface area (Å²) in [6, 6.07) is 13.3. The van der Waals surface area contributed by atoms with Crippen LogP contribution in [0.1, 0.15) is 15.9 Å². The highest BCUT2D eigenvalue weighted by Crippen LogP contribution is 2.24. The fourth-order valence-corrected chi connectivity index (χ4v) is 3.71. The first kappa shape index (κ1) is 18.5. The summed E-state index contributed by atoms with van der Waals surface area (Å²) in [6.07, 6.45) is 1.97. The summed E-state index contributed by atoms with van der Waals surface area (Å²) >= 11 is 15.2. The minimum atomic E-state index is -0.0231. The molecule has 0 atom stereocenters. The normalized spacial score (nSPS) is 10.6. The minimum Gasteiger partial charge on any atom is -0.351 e. The van der Waals surface area contributed by atoms with Gasteiger partial charge in [-0.3, -0.25) is 4.79 Å². The van der Waals surface area contributed by atoms with Gasteiger partial charge in [0.15, 0.2) is 0 Å². The van der Waals surface area contributed by atoms with Crippen LogP contribution in [-0.4, -0.2) is 24.5 Å². The van der Waals surface area contributed by atoms with E-state index in [1.165, 1.54) is 0 Å². The molecule has 0 unspecified atom stereocenters. The van der Waals surface area contributed by atoms with E-state index in [-0.39, 0.29) is 5.91 Å². The van der Waals surface area contributed by atoms with Gasteiger partial charge < -0.3 is 5.32 Å². The molecular formula is C17H17Cl2NOS2. The van der Waals surface area contributed by atoms with E-state index in [1.807, 2.05) is 42.7 Å². The first-order valence-electron chi connectivity index (χ1n) is 7.04. The molecule has 0 heterocycles. The maximum atomic E-state index is 12.2. The van der Waals surface area contributed by atoms with Crippen molar-refractivity contribution in [2.24, 2.45) is 0 Å². The maximum absolute atomic E-state index is 12.2. The summed E-state index contributed by atoms with van der Waals surface area (Å²) in [5.74, 6) is 1.66. The van der Waals surface area contributed by atoms with Crippen LogP contribution in [-0.2, 0) is 5.75 Å². The number of hydrogen-bond acceptors (Lipinski definition) is 3. The molecule has 0 radical (unpaired) electrons. The fourth-order valence-electron chi connectivity index (χ4n) is 1.98. The summed E-state index contributed by atoms with van der Waals surface area (Å²) in [6.45, 7) is 0.632. The summed E-state index contributed by atoms with van der Waals surface area (Å²) < 4.78 is 0. The lowest BCUT2D eigenvalue weighted by Gasteiger charge is -2.08. The molecule has 0 fully saturated rings. The van der Waals surface area contributed by atoms with Gasteiger partial charge in [0.25, 0.3) is 5.91 Å². The number of thioether (sulfide) groups is 2. The van der Waals surface area contributed by atoms with Crippen LogP contribution in [0.15, 0.2) is 47.4 Å². The fraction of sp³-hybridized carbons (Fsp3) is 0.235. The minimum absolute atomic E-state index is 0.0231. The molecule has 0 saturated carbocycles. The Morgan fingerprint density at radius 3 is 2.65 bits per heavy atom. The molecule has 0 bridgehead atoms. The van der Waals surface area contributed by atoms with Crippen LogP contribution in [0.25, 0.3) is 0 Å². The maximum Gasteiger partial charge on any atom is 0.252 e. The Hall–Kier alpha value is -0.810. The number of nitrogens with one attached hydrogen (secondary N) is 1. The molecule has 2 aromatic carbocycles. The number of rotatable bonds is 7. The van der Waals surface area contributed by atoms with Gasteiger partial charge >= 0.3 is 0 Å². The highest BCUT2D eigenvalue weighted by molar-refractivity contribution is 7.98. The second-order valence-corrected chi connectivity index (χ2v) is 7.52. The lowest BCUT2D eigenvalue weighted by Crippen LogP contribution is -2.26. The van der Waals surface area contributed by atoms with Crippen molar-refractivity contribution >= 4 is 52.6 Å². The number of carbonyl (C=O) groups excluding carboxylic acids is 1. The SMILES string of the molecule is CSc1ccccc1C(=O)NCCSCc1ccc(Cl)c(Cl)c1. The van der Waals surface area contributed by atoms with Gasteiger partial charge in [0, 0.05) is 22.9 Å². The van der Waals surface area contributed by atoms with Crippen molar-refractivity contribution < 1.29 is 4.79 Å². The average molecular weight is 386 g/mol. The highest BCUT2D eigenvalue weighted by Gasteiger charge is 2.09. The lowest BCUT2D eigenvalue weighted by atomic mass is 10.2. The van der Waals surface area contributed by atoms with E-state index in [1.54, 1.807) is 29.6 Å². The Balaban J connectivity index is 1.74. The predicted octanol–water partition coefficient (Wildman–Crippen LogP) is 5.38. The van der Waals surface area contributed by atoms with E-state index in [0.717, 1.165) is 27.5 Å². The second kappa shape index (κ2) is 9.48. The lowest BCUT2D eigenvalue weighted by molar-refractivity contribution is 0.0953. The van der Waals surface area contributed by atoms with Gasteiger partial charge in [-0.25, -0.2) is 0 Å². The molecule has 0 saturated heterocycles. The van der Waals surface area contributed by atoms with Crippen molar-refractivity contribution in [1.82, 2.24) is 5.32 Å². The first-order valence-corrected chi connectivity index (χ1v) is 10.2. The molecule has 1 amide bonds. The van der Waals surface area contributed by atoms with Crippen LogP contribution in [0.3, 0.4) is 0 Å². The third kappa shape index (κ3) is 5.64. The first-order chi connectivity index (χ1) is 11.1. The van der Waals surface area contributed by atoms with Crippen molar-refractivity contribution in [3.63, 3.8) is 0 Å². The van der Waals surface area contributed by atoms with Gasteiger partial charge in [-0.15, -0.1) is 11.8 Å².